The van der Waals surface area contributed by atoms with E-state index in [1.165, 1.54) is 6.33 Å². The van der Waals surface area contributed by atoms with E-state index in [4.69, 9.17) is 10.5 Å². The van der Waals surface area contributed by atoms with E-state index in [9.17, 15) is 9.59 Å². The van der Waals surface area contributed by atoms with Gasteiger partial charge < -0.3 is 20.3 Å². The Morgan fingerprint density at radius 2 is 1.63 bits per heavy atom. The molecule has 5 rings (SSSR count). The summed E-state index contributed by atoms with van der Waals surface area (Å²) in [6.07, 6.45) is 10.6. The molecule has 4 fully saturated rings. The van der Waals surface area contributed by atoms with E-state index in [-0.39, 0.29) is 28.8 Å². The highest BCUT2D eigenvalue weighted by Crippen LogP contribution is 2.49. The predicted octanol–water partition coefficient (Wildman–Crippen LogP) is 3.57. The second-order valence-corrected chi connectivity index (χ2v) is 13.6. The smallest absolute Gasteiger partial charge is 0.257 e. The standard InChI is InChI=1S/C32H52N6O3/c1-5-6-26(33)28-30(40)37(21-25-7-19-41-20-8-25)16-11-32(28)12-17-38(18-13-32)31(4)9-14-36(15-10-31)29(39)27-23(2)34-22-35-24(27)3/h22,25-26,28H,5-21,33H2,1-4H3. The van der Waals surface area contributed by atoms with Crippen LogP contribution >= 0.6 is 0 Å². The third-order valence-electron chi connectivity index (χ3n) is 11.1. The highest BCUT2D eigenvalue weighted by atomic mass is 16.5. The normalized spacial score (nSPS) is 26.4. The Balaban J connectivity index is 1.22. The van der Waals surface area contributed by atoms with Gasteiger partial charge in [-0.05, 0) is 96.6 Å². The van der Waals surface area contributed by atoms with Crippen LogP contribution < -0.4 is 5.73 Å². The highest BCUT2D eigenvalue weighted by molar-refractivity contribution is 5.96. The van der Waals surface area contributed by atoms with Crippen LogP contribution in [0.3, 0.4) is 0 Å². The summed E-state index contributed by atoms with van der Waals surface area (Å²) in [5, 5.41) is 0. The van der Waals surface area contributed by atoms with Gasteiger partial charge in [0.05, 0.1) is 22.9 Å². The first-order chi connectivity index (χ1) is 19.7. The summed E-state index contributed by atoms with van der Waals surface area (Å²) in [7, 11) is 0. The van der Waals surface area contributed by atoms with Gasteiger partial charge >= 0.3 is 0 Å². The van der Waals surface area contributed by atoms with E-state index >= 15 is 0 Å². The fourth-order valence-corrected chi connectivity index (χ4v) is 8.26. The number of hydrogen-bond acceptors (Lipinski definition) is 7. The maximum Gasteiger partial charge on any atom is 0.257 e. The van der Waals surface area contributed by atoms with Gasteiger partial charge in [0, 0.05) is 51.0 Å². The highest BCUT2D eigenvalue weighted by Gasteiger charge is 2.53. The minimum Gasteiger partial charge on any atom is -0.381 e. The number of piperidine rings is 3. The van der Waals surface area contributed by atoms with Gasteiger partial charge in [-0.1, -0.05) is 13.3 Å². The molecule has 0 saturated carbocycles. The average Bonchev–Trinajstić information content (AvgIpc) is 2.96. The Bertz CT molecular complexity index is 1050. The maximum absolute atomic E-state index is 14.1. The SMILES string of the molecule is CCCC(N)C1C(=O)N(CC2CCOCC2)CCC12CCN(C1(C)CCN(C(=O)c3c(C)ncnc3C)CC1)CC2. The van der Waals surface area contributed by atoms with Crippen molar-refractivity contribution in [1.29, 1.82) is 0 Å². The van der Waals surface area contributed by atoms with Crippen molar-refractivity contribution in [3.05, 3.63) is 23.3 Å². The molecule has 2 atom stereocenters. The molecule has 4 saturated heterocycles. The van der Waals surface area contributed by atoms with Crippen LogP contribution in [-0.4, -0.2) is 101 Å². The Hall–Kier alpha value is -2.10. The van der Waals surface area contributed by atoms with Crippen molar-refractivity contribution in [1.82, 2.24) is 24.7 Å². The fraction of sp³-hybridized carbons (Fsp3) is 0.812. The van der Waals surface area contributed by atoms with E-state index < -0.39 is 0 Å². The Labute approximate surface area is 246 Å². The van der Waals surface area contributed by atoms with Gasteiger partial charge in [-0.2, -0.15) is 0 Å². The number of amides is 2. The number of hydrogen-bond donors (Lipinski definition) is 1. The number of carbonyl (C=O) groups is 2. The topological polar surface area (TPSA) is 105 Å². The molecule has 228 valence electrons. The summed E-state index contributed by atoms with van der Waals surface area (Å²) in [6.45, 7) is 15.2. The Kier molecular flexibility index (Phi) is 9.36. The molecule has 4 aliphatic heterocycles. The van der Waals surface area contributed by atoms with Gasteiger partial charge in [-0.3, -0.25) is 14.5 Å². The number of likely N-dealkylation sites (tertiary alicyclic amines) is 3. The summed E-state index contributed by atoms with van der Waals surface area (Å²) in [5.74, 6) is 0.835. The molecule has 1 aromatic heterocycles. The minimum absolute atomic E-state index is 0.00371. The lowest BCUT2D eigenvalue weighted by atomic mass is 9.60. The molecule has 0 aliphatic carbocycles. The number of aryl methyl sites for hydroxylation is 2. The molecule has 5 heterocycles. The van der Waals surface area contributed by atoms with Gasteiger partial charge in [-0.25, -0.2) is 9.97 Å². The molecule has 0 radical (unpaired) electrons. The zero-order valence-corrected chi connectivity index (χ0v) is 25.9. The molecule has 2 N–H and O–H groups in total. The summed E-state index contributed by atoms with van der Waals surface area (Å²) in [5.41, 5.74) is 9.06. The molecule has 1 spiro atoms. The van der Waals surface area contributed by atoms with Crippen molar-refractivity contribution in [2.75, 3.05) is 52.5 Å². The summed E-state index contributed by atoms with van der Waals surface area (Å²) < 4.78 is 5.56. The maximum atomic E-state index is 14.1. The number of rotatable bonds is 7. The van der Waals surface area contributed by atoms with E-state index in [2.05, 4.69) is 33.6 Å². The summed E-state index contributed by atoms with van der Waals surface area (Å²) in [6, 6.07) is -0.0738. The van der Waals surface area contributed by atoms with Crippen molar-refractivity contribution in [3.8, 4) is 0 Å². The summed E-state index contributed by atoms with van der Waals surface area (Å²) in [4.78, 5) is 42.7. The number of nitrogens with two attached hydrogens (primary N) is 1. The average molecular weight is 569 g/mol. The quantitative estimate of drug-likeness (QED) is 0.536. The molecule has 0 aromatic carbocycles. The predicted molar refractivity (Wildman–Crippen MR) is 159 cm³/mol. The first-order valence-corrected chi connectivity index (χ1v) is 16.1. The van der Waals surface area contributed by atoms with Gasteiger partial charge in [0.1, 0.15) is 6.33 Å². The molecule has 2 unspecified atom stereocenters. The Morgan fingerprint density at radius 3 is 2.24 bits per heavy atom. The molecule has 9 nitrogen and oxygen atoms in total. The molecule has 41 heavy (non-hydrogen) atoms. The second kappa shape index (κ2) is 12.6. The molecular weight excluding hydrogens is 516 g/mol. The van der Waals surface area contributed by atoms with E-state index in [1.807, 2.05) is 18.7 Å². The van der Waals surface area contributed by atoms with Crippen molar-refractivity contribution < 1.29 is 14.3 Å². The van der Waals surface area contributed by atoms with Crippen LogP contribution in [0.2, 0.25) is 0 Å². The monoisotopic (exact) mass is 568 g/mol. The number of ether oxygens (including phenoxy) is 1. The van der Waals surface area contributed by atoms with Crippen LogP contribution in [0, 0.1) is 31.1 Å². The lowest BCUT2D eigenvalue weighted by Crippen LogP contribution is -2.63. The lowest BCUT2D eigenvalue weighted by molar-refractivity contribution is -0.154. The molecular formula is C32H52N6O3. The van der Waals surface area contributed by atoms with Gasteiger partial charge in [0.25, 0.3) is 5.91 Å². The second-order valence-electron chi connectivity index (χ2n) is 13.6. The summed E-state index contributed by atoms with van der Waals surface area (Å²) >= 11 is 0. The third kappa shape index (κ3) is 6.18. The zero-order valence-electron chi connectivity index (χ0n) is 25.9. The number of nitrogens with zero attached hydrogens (tertiary/aromatic N) is 5. The fourth-order valence-electron chi connectivity index (χ4n) is 8.26. The van der Waals surface area contributed by atoms with Crippen LogP contribution in [0.5, 0.6) is 0 Å². The van der Waals surface area contributed by atoms with E-state index in [0.29, 0.717) is 17.4 Å². The Morgan fingerprint density at radius 1 is 1.02 bits per heavy atom. The van der Waals surface area contributed by atoms with Crippen molar-refractivity contribution in [2.45, 2.75) is 97.1 Å². The van der Waals surface area contributed by atoms with Crippen LogP contribution in [0.1, 0.15) is 93.4 Å². The molecule has 4 aliphatic rings. The van der Waals surface area contributed by atoms with Crippen molar-refractivity contribution in [3.63, 3.8) is 0 Å². The van der Waals surface area contributed by atoms with E-state index in [1.54, 1.807) is 0 Å². The molecule has 2 amide bonds. The first-order valence-electron chi connectivity index (χ1n) is 16.1. The molecule has 1 aromatic rings. The molecule has 0 bridgehead atoms. The van der Waals surface area contributed by atoms with Crippen LogP contribution in [-0.2, 0) is 9.53 Å². The van der Waals surface area contributed by atoms with Crippen LogP contribution in [0.4, 0.5) is 0 Å². The van der Waals surface area contributed by atoms with Crippen molar-refractivity contribution in [2.24, 2.45) is 23.0 Å². The van der Waals surface area contributed by atoms with E-state index in [0.717, 1.165) is 122 Å². The van der Waals surface area contributed by atoms with Crippen molar-refractivity contribution >= 4 is 11.8 Å². The van der Waals surface area contributed by atoms with Crippen LogP contribution in [0.15, 0.2) is 6.33 Å². The lowest BCUT2D eigenvalue weighted by Gasteiger charge is -2.56. The van der Waals surface area contributed by atoms with Gasteiger partial charge in [0.15, 0.2) is 0 Å². The van der Waals surface area contributed by atoms with Crippen LogP contribution in [0.25, 0.3) is 0 Å². The van der Waals surface area contributed by atoms with Gasteiger partial charge in [0.2, 0.25) is 5.91 Å². The minimum atomic E-state index is -0.0787. The number of aromatic nitrogens is 2. The largest absolute Gasteiger partial charge is 0.381 e. The zero-order chi connectivity index (χ0) is 29.2. The third-order valence-corrected chi connectivity index (χ3v) is 11.1. The molecule has 9 heteroatoms. The van der Waals surface area contributed by atoms with Gasteiger partial charge in [-0.15, -0.1) is 0 Å². The first kappa shape index (κ1) is 30.4. The number of carbonyl (C=O) groups excluding carboxylic acids is 2.